The molecule has 1 saturated carbocycles. The van der Waals surface area contributed by atoms with Crippen molar-refractivity contribution in [3.05, 3.63) is 28.3 Å². The first-order valence-corrected chi connectivity index (χ1v) is 11.6. The van der Waals surface area contributed by atoms with Crippen LogP contribution >= 0.6 is 11.3 Å². The van der Waals surface area contributed by atoms with Crippen molar-refractivity contribution in [1.29, 1.82) is 0 Å². The topological polar surface area (TPSA) is 99.6 Å². The van der Waals surface area contributed by atoms with Gasteiger partial charge in [0.2, 0.25) is 5.88 Å². The number of hydrogen-bond acceptors (Lipinski definition) is 8. The molecule has 9 heteroatoms. The highest BCUT2D eigenvalue weighted by atomic mass is 32.1. The largest absolute Gasteiger partial charge is 0.475 e. The van der Waals surface area contributed by atoms with Gasteiger partial charge in [-0.3, -0.25) is 4.79 Å². The van der Waals surface area contributed by atoms with E-state index in [0.29, 0.717) is 25.3 Å². The van der Waals surface area contributed by atoms with Gasteiger partial charge in [-0.25, -0.2) is 14.8 Å². The van der Waals surface area contributed by atoms with Crippen LogP contribution < -0.4 is 10.1 Å². The van der Waals surface area contributed by atoms with Gasteiger partial charge in [-0.1, -0.05) is 0 Å². The fourth-order valence-electron chi connectivity index (χ4n) is 3.99. The molecule has 8 nitrogen and oxygen atoms in total. The third-order valence-corrected chi connectivity index (χ3v) is 6.59. The van der Waals surface area contributed by atoms with Gasteiger partial charge in [-0.2, -0.15) is 0 Å². The molecule has 0 radical (unpaired) electrons. The molecule has 0 bridgehead atoms. The molecule has 0 saturated heterocycles. The molecule has 0 aromatic carbocycles. The van der Waals surface area contributed by atoms with E-state index in [1.165, 1.54) is 18.4 Å². The van der Waals surface area contributed by atoms with Crippen LogP contribution in [-0.2, 0) is 27.1 Å². The van der Waals surface area contributed by atoms with Gasteiger partial charge in [0, 0.05) is 17.1 Å². The fraction of sp³-hybridized carbons (Fsp3) is 0.565. The number of rotatable bonds is 6. The van der Waals surface area contributed by atoms with E-state index in [4.69, 9.17) is 19.2 Å². The van der Waals surface area contributed by atoms with Crippen molar-refractivity contribution >= 4 is 23.4 Å². The molecule has 1 fully saturated rings. The van der Waals surface area contributed by atoms with E-state index in [0.717, 1.165) is 40.2 Å². The molecule has 2 heterocycles. The minimum atomic E-state index is -0.558. The third kappa shape index (κ3) is 4.72. The number of ether oxygens (including phenoxy) is 3. The van der Waals surface area contributed by atoms with Gasteiger partial charge in [0.1, 0.15) is 22.9 Å². The van der Waals surface area contributed by atoms with Crippen molar-refractivity contribution in [2.75, 3.05) is 13.7 Å². The minimum absolute atomic E-state index is 0.216. The van der Waals surface area contributed by atoms with E-state index >= 15 is 0 Å². The van der Waals surface area contributed by atoms with Crippen LogP contribution in [0.1, 0.15) is 50.3 Å². The van der Waals surface area contributed by atoms with Crippen LogP contribution in [0.25, 0.3) is 10.7 Å². The molecule has 172 valence electrons. The maximum absolute atomic E-state index is 12.2. The highest BCUT2D eigenvalue weighted by Crippen LogP contribution is 2.41. The minimum Gasteiger partial charge on any atom is -0.475 e. The average Bonchev–Trinajstić information content (AvgIpc) is 3.11. The Hall–Kier alpha value is -2.68. The Bertz CT molecular complexity index is 1030. The Kier molecular flexibility index (Phi) is 5.87. The second-order valence-electron chi connectivity index (χ2n) is 9.51. The van der Waals surface area contributed by atoms with E-state index in [-0.39, 0.29) is 11.9 Å². The van der Waals surface area contributed by atoms with Crippen molar-refractivity contribution in [2.24, 2.45) is 5.92 Å². The number of nitrogens with one attached hydrogen (secondary N) is 1. The van der Waals surface area contributed by atoms with E-state index in [2.05, 4.69) is 10.3 Å². The van der Waals surface area contributed by atoms with Crippen molar-refractivity contribution in [2.45, 2.75) is 64.5 Å². The zero-order chi connectivity index (χ0) is 23.1. The first-order valence-electron chi connectivity index (χ1n) is 10.7. The molecule has 2 aliphatic rings. The van der Waals surface area contributed by atoms with Gasteiger partial charge in [0.05, 0.1) is 18.6 Å². The number of esters is 1. The molecular weight excluding hydrogens is 430 g/mol. The number of thiazole rings is 1. The number of pyridine rings is 1. The summed E-state index contributed by atoms with van der Waals surface area (Å²) in [5.74, 6) is 0.0662. The number of hydrogen-bond donors (Lipinski definition) is 1. The van der Waals surface area contributed by atoms with Gasteiger partial charge in [-0.15, -0.1) is 11.3 Å². The number of amides is 1. The highest BCUT2D eigenvalue weighted by molar-refractivity contribution is 7.13. The number of fused-ring (bicyclic) bond motifs is 1. The number of aromatic nitrogens is 2. The zero-order valence-corrected chi connectivity index (χ0v) is 19.9. The number of methoxy groups -OCH3 is 1. The summed E-state index contributed by atoms with van der Waals surface area (Å²) in [5, 5.41) is 5.65. The van der Waals surface area contributed by atoms with Crippen LogP contribution in [0.4, 0.5) is 4.79 Å². The Morgan fingerprint density at radius 3 is 2.56 bits per heavy atom. The van der Waals surface area contributed by atoms with Crippen LogP contribution in [-0.4, -0.2) is 46.9 Å². The summed E-state index contributed by atoms with van der Waals surface area (Å²) in [5.41, 5.74) is 2.78. The second kappa shape index (κ2) is 8.35. The van der Waals surface area contributed by atoms with Crippen molar-refractivity contribution in [1.82, 2.24) is 15.3 Å². The van der Waals surface area contributed by atoms with E-state index < -0.39 is 17.2 Å². The number of alkyl carbamates (subject to hydrolysis) is 1. The lowest BCUT2D eigenvalue weighted by molar-refractivity contribution is -0.145. The lowest BCUT2D eigenvalue weighted by Crippen LogP contribution is -2.44. The van der Waals surface area contributed by atoms with Crippen LogP contribution in [0.2, 0.25) is 0 Å². The maximum Gasteiger partial charge on any atom is 0.408 e. The van der Waals surface area contributed by atoms with Crippen LogP contribution in [0.15, 0.2) is 11.6 Å². The SMILES string of the molecule is COC(=O)C1Cc2c(-c3nccs3)nc(OCC3(NC(=O)OC(C)(C)C)CC3)c(C)c2C1. The highest BCUT2D eigenvalue weighted by Gasteiger charge is 2.46. The smallest absolute Gasteiger partial charge is 0.408 e. The molecule has 1 amide bonds. The molecule has 2 aromatic rings. The standard InChI is InChI=1S/C23H29N3O5S/c1-13-15-10-14(20(27)29-5)11-16(15)17(19-24-8-9-32-19)25-18(13)30-12-23(6-7-23)26-21(28)31-22(2,3)4/h8-9,14H,6-7,10-12H2,1-5H3,(H,26,28). The molecule has 1 atom stereocenters. The lowest BCUT2D eigenvalue weighted by atomic mass is 10.0. The Balaban J connectivity index is 1.56. The number of carbonyl (C=O) groups is 2. The maximum atomic E-state index is 12.2. The molecular formula is C23H29N3O5S. The number of carbonyl (C=O) groups excluding carboxylic acids is 2. The van der Waals surface area contributed by atoms with Gasteiger partial charge >= 0.3 is 12.1 Å². The van der Waals surface area contributed by atoms with Gasteiger partial charge in [0.15, 0.2) is 0 Å². The molecule has 0 spiro atoms. The average molecular weight is 460 g/mol. The van der Waals surface area contributed by atoms with E-state index in [9.17, 15) is 9.59 Å². The molecule has 4 rings (SSSR count). The summed E-state index contributed by atoms with van der Waals surface area (Å²) in [6.07, 6.45) is 4.11. The quantitative estimate of drug-likeness (QED) is 0.655. The Morgan fingerprint density at radius 1 is 1.25 bits per heavy atom. The summed E-state index contributed by atoms with van der Waals surface area (Å²) in [4.78, 5) is 33.7. The van der Waals surface area contributed by atoms with Crippen molar-refractivity contribution in [3.63, 3.8) is 0 Å². The Labute approximate surface area is 191 Å². The van der Waals surface area contributed by atoms with Crippen LogP contribution in [0, 0.1) is 12.8 Å². The monoisotopic (exact) mass is 459 g/mol. The summed E-state index contributed by atoms with van der Waals surface area (Å²) in [6, 6.07) is 0. The van der Waals surface area contributed by atoms with Crippen LogP contribution in [0.3, 0.4) is 0 Å². The normalized spacial score (nSPS) is 18.6. The summed E-state index contributed by atoms with van der Waals surface area (Å²) in [7, 11) is 1.42. The lowest BCUT2D eigenvalue weighted by Gasteiger charge is -2.24. The number of nitrogens with zero attached hydrogens (tertiary/aromatic N) is 2. The first kappa shape index (κ1) is 22.5. The Morgan fingerprint density at radius 2 is 1.97 bits per heavy atom. The van der Waals surface area contributed by atoms with E-state index in [1.54, 1.807) is 6.20 Å². The molecule has 1 unspecified atom stereocenters. The summed E-state index contributed by atoms with van der Waals surface area (Å²) < 4.78 is 16.5. The molecule has 1 N–H and O–H groups in total. The summed E-state index contributed by atoms with van der Waals surface area (Å²) >= 11 is 1.50. The van der Waals surface area contributed by atoms with Crippen molar-refractivity contribution in [3.8, 4) is 16.6 Å². The van der Waals surface area contributed by atoms with Crippen molar-refractivity contribution < 1.29 is 23.8 Å². The second-order valence-corrected chi connectivity index (χ2v) is 10.4. The molecule has 2 aromatic heterocycles. The molecule has 2 aliphatic carbocycles. The molecule has 32 heavy (non-hydrogen) atoms. The van der Waals surface area contributed by atoms with Gasteiger partial charge < -0.3 is 19.5 Å². The predicted molar refractivity (Wildman–Crippen MR) is 120 cm³/mol. The van der Waals surface area contributed by atoms with Gasteiger partial charge in [0.25, 0.3) is 0 Å². The predicted octanol–water partition coefficient (Wildman–Crippen LogP) is 3.84. The zero-order valence-electron chi connectivity index (χ0n) is 19.1. The third-order valence-electron chi connectivity index (χ3n) is 5.81. The first-order chi connectivity index (χ1) is 15.1. The van der Waals surface area contributed by atoms with Gasteiger partial charge in [-0.05, 0) is 64.5 Å². The van der Waals surface area contributed by atoms with Crippen LogP contribution in [0.5, 0.6) is 5.88 Å². The fourth-order valence-corrected chi connectivity index (χ4v) is 4.64. The summed E-state index contributed by atoms with van der Waals surface area (Å²) in [6.45, 7) is 7.77. The van der Waals surface area contributed by atoms with E-state index in [1.807, 2.05) is 33.1 Å². The molecule has 0 aliphatic heterocycles.